The van der Waals surface area contributed by atoms with Crippen LogP contribution in [0.25, 0.3) is 0 Å². The highest BCUT2D eigenvalue weighted by Gasteiger charge is 2.11. The van der Waals surface area contributed by atoms with Gasteiger partial charge in [-0.25, -0.2) is 4.79 Å². The molecule has 1 aromatic rings. The lowest BCUT2D eigenvalue weighted by Gasteiger charge is -2.12. The van der Waals surface area contributed by atoms with E-state index >= 15 is 0 Å². The summed E-state index contributed by atoms with van der Waals surface area (Å²) in [6, 6.07) is 0. The number of amides is 1. The van der Waals surface area contributed by atoms with Crippen LogP contribution in [0.15, 0.2) is 9.27 Å². The minimum absolute atomic E-state index is 0.0414. The second-order valence-electron chi connectivity index (χ2n) is 3.81. The summed E-state index contributed by atoms with van der Waals surface area (Å²) in [4.78, 5) is 27.2. The smallest absolute Gasteiger partial charge is 0.348 e. The monoisotopic (exact) mass is 317 g/mol. The van der Waals surface area contributed by atoms with Crippen molar-refractivity contribution in [3.8, 4) is 0 Å². The van der Waals surface area contributed by atoms with Gasteiger partial charge in [-0.2, -0.15) is 4.98 Å². The molecule has 0 radical (unpaired) electrons. The molecule has 1 N–H and O–H groups in total. The van der Waals surface area contributed by atoms with Crippen LogP contribution in [0.3, 0.4) is 0 Å². The molecular formula is C11H16BrN3O3. The van der Waals surface area contributed by atoms with Gasteiger partial charge in [-0.15, -0.1) is 0 Å². The molecule has 0 saturated carbocycles. The zero-order chi connectivity index (χ0) is 13.7. The van der Waals surface area contributed by atoms with Crippen LogP contribution >= 0.6 is 15.9 Å². The van der Waals surface area contributed by atoms with Crippen molar-refractivity contribution in [2.45, 2.75) is 20.4 Å². The molecule has 1 aromatic heterocycles. The summed E-state index contributed by atoms with van der Waals surface area (Å²) in [6.45, 7) is 4.32. The highest BCUT2D eigenvalue weighted by molar-refractivity contribution is 9.10. The van der Waals surface area contributed by atoms with E-state index in [1.165, 1.54) is 4.57 Å². The lowest BCUT2D eigenvalue weighted by atomic mass is 10.3. The summed E-state index contributed by atoms with van der Waals surface area (Å²) in [5.74, 6) is -0.241. The van der Waals surface area contributed by atoms with Crippen LogP contribution in [-0.4, -0.2) is 35.7 Å². The number of carbonyl (C=O) groups excluding carboxylic acids is 1. The zero-order valence-electron chi connectivity index (χ0n) is 10.6. The SMILES string of the molecule is COCCNC(=O)Cn1c(C)c(Br)c(C)nc1=O. The number of aryl methyl sites for hydroxylation is 1. The standard InChI is InChI=1S/C11H16BrN3O3/c1-7-10(12)8(2)15(11(17)14-7)6-9(16)13-4-5-18-3/h4-6H2,1-3H3,(H,13,16). The summed E-state index contributed by atoms with van der Waals surface area (Å²) >= 11 is 3.34. The van der Waals surface area contributed by atoms with E-state index in [-0.39, 0.29) is 12.5 Å². The Kier molecular flexibility index (Phi) is 5.49. The molecule has 0 aliphatic carbocycles. The Morgan fingerprint density at radius 1 is 1.50 bits per heavy atom. The largest absolute Gasteiger partial charge is 0.383 e. The summed E-state index contributed by atoms with van der Waals surface area (Å²) in [6.07, 6.45) is 0. The summed E-state index contributed by atoms with van der Waals surface area (Å²) in [7, 11) is 1.56. The van der Waals surface area contributed by atoms with Crippen LogP contribution in [0.1, 0.15) is 11.4 Å². The number of nitrogens with one attached hydrogen (secondary N) is 1. The molecule has 6 nitrogen and oxygen atoms in total. The second kappa shape index (κ2) is 6.65. The third kappa shape index (κ3) is 3.64. The number of nitrogens with zero attached hydrogens (tertiary/aromatic N) is 2. The van der Waals surface area contributed by atoms with Crippen molar-refractivity contribution in [2.24, 2.45) is 0 Å². The van der Waals surface area contributed by atoms with Gasteiger partial charge in [0, 0.05) is 19.3 Å². The molecule has 0 aromatic carbocycles. The Hall–Kier alpha value is -1.21. The van der Waals surface area contributed by atoms with Crippen molar-refractivity contribution in [3.63, 3.8) is 0 Å². The lowest BCUT2D eigenvalue weighted by molar-refractivity contribution is -0.121. The average molecular weight is 318 g/mol. The molecule has 0 saturated heterocycles. The number of hydrogen-bond acceptors (Lipinski definition) is 4. The van der Waals surface area contributed by atoms with Crippen LogP contribution in [0.5, 0.6) is 0 Å². The number of hydrogen-bond donors (Lipinski definition) is 1. The fraction of sp³-hybridized carbons (Fsp3) is 0.545. The van der Waals surface area contributed by atoms with Gasteiger partial charge in [0.15, 0.2) is 0 Å². The predicted molar refractivity (Wildman–Crippen MR) is 70.6 cm³/mol. The molecule has 18 heavy (non-hydrogen) atoms. The maximum atomic E-state index is 11.7. The topological polar surface area (TPSA) is 73.2 Å². The Morgan fingerprint density at radius 3 is 2.78 bits per heavy atom. The fourth-order valence-electron chi connectivity index (χ4n) is 1.45. The summed E-state index contributed by atoms with van der Waals surface area (Å²) in [5.41, 5.74) is 0.887. The van der Waals surface area contributed by atoms with E-state index in [0.29, 0.717) is 24.5 Å². The summed E-state index contributed by atoms with van der Waals surface area (Å²) in [5, 5.41) is 2.65. The average Bonchev–Trinajstić information content (AvgIpc) is 2.32. The highest BCUT2D eigenvalue weighted by Crippen LogP contribution is 2.16. The summed E-state index contributed by atoms with van der Waals surface area (Å²) < 4.78 is 6.90. The Labute approximate surface area is 113 Å². The maximum Gasteiger partial charge on any atom is 0.348 e. The van der Waals surface area contributed by atoms with Gasteiger partial charge in [-0.1, -0.05) is 0 Å². The molecule has 0 bridgehead atoms. The lowest BCUT2D eigenvalue weighted by Crippen LogP contribution is -2.36. The highest BCUT2D eigenvalue weighted by atomic mass is 79.9. The third-order valence-corrected chi connectivity index (χ3v) is 3.61. The first-order valence-electron chi connectivity index (χ1n) is 5.46. The van der Waals surface area contributed by atoms with Gasteiger partial charge in [-0.05, 0) is 29.8 Å². The quantitative estimate of drug-likeness (QED) is 0.797. The van der Waals surface area contributed by atoms with Crippen LogP contribution in [0.2, 0.25) is 0 Å². The molecule has 0 fully saturated rings. The van der Waals surface area contributed by atoms with E-state index < -0.39 is 5.69 Å². The second-order valence-corrected chi connectivity index (χ2v) is 4.60. The van der Waals surface area contributed by atoms with Crippen molar-refractivity contribution in [1.29, 1.82) is 0 Å². The first kappa shape index (κ1) is 14.8. The molecule has 100 valence electrons. The van der Waals surface area contributed by atoms with E-state index in [2.05, 4.69) is 26.2 Å². The minimum Gasteiger partial charge on any atom is -0.383 e. The molecule has 0 aliphatic heterocycles. The van der Waals surface area contributed by atoms with Gasteiger partial charge < -0.3 is 10.1 Å². The predicted octanol–water partition coefficient (Wildman–Crippen LogP) is 0.385. The Bertz CT molecular complexity index is 499. The van der Waals surface area contributed by atoms with Gasteiger partial charge in [0.25, 0.3) is 0 Å². The number of aromatic nitrogens is 2. The van der Waals surface area contributed by atoms with Gasteiger partial charge in [0.1, 0.15) is 6.54 Å². The first-order chi connectivity index (χ1) is 8.47. The van der Waals surface area contributed by atoms with Crippen molar-refractivity contribution >= 4 is 21.8 Å². The number of ether oxygens (including phenoxy) is 1. The van der Waals surface area contributed by atoms with Crippen LogP contribution in [0.4, 0.5) is 0 Å². The number of halogens is 1. The number of methoxy groups -OCH3 is 1. The molecule has 1 amide bonds. The zero-order valence-corrected chi connectivity index (χ0v) is 12.2. The van der Waals surface area contributed by atoms with Crippen molar-refractivity contribution < 1.29 is 9.53 Å². The number of rotatable bonds is 5. The molecule has 1 heterocycles. The molecule has 0 aliphatic rings. The fourth-order valence-corrected chi connectivity index (χ4v) is 1.76. The van der Waals surface area contributed by atoms with Gasteiger partial charge >= 0.3 is 5.69 Å². The van der Waals surface area contributed by atoms with Gasteiger partial charge in [-0.3, -0.25) is 9.36 Å². The van der Waals surface area contributed by atoms with E-state index in [4.69, 9.17) is 4.74 Å². The molecule has 0 spiro atoms. The van der Waals surface area contributed by atoms with Crippen molar-refractivity contribution in [3.05, 3.63) is 26.3 Å². The van der Waals surface area contributed by atoms with Crippen LogP contribution in [-0.2, 0) is 16.1 Å². The minimum atomic E-state index is -0.421. The van der Waals surface area contributed by atoms with Crippen LogP contribution in [0, 0.1) is 13.8 Å². The molecule has 0 atom stereocenters. The van der Waals surface area contributed by atoms with Crippen LogP contribution < -0.4 is 11.0 Å². The van der Waals surface area contributed by atoms with E-state index in [1.54, 1.807) is 21.0 Å². The van der Waals surface area contributed by atoms with E-state index in [0.717, 1.165) is 4.47 Å². The van der Waals surface area contributed by atoms with E-state index in [1.807, 2.05) is 0 Å². The van der Waals surface area contributed by atoms with E-state index in [9.17, 15) is 9.59 Å². The first-order valence-corrected chi connectivity index (χ1v) is 6.25. The van der Waals surface area contributed by atoms with Crippen molar-refractivity contribution in [1.82, 2.24) is 14.9 Å². The molecule has 0 unspecified atom stereocenters. The van der Waals surface area contributed by atoms with Gasteiger partial charge in [0.2, 0.25) is 5.91 Å². The molecule has 7 heteroatoms. The Morgan fingerprint density at radius 2 is 2.17 bits per heavy atom. The van der Waals surface area contributed by atoms with Crippen molar-refractivity contribution in [2.75, 3.05) is 20.3 Å². The molecule has 1 rings (SSSR count). The maximum absolute atomic E-state index is 11.7. The number of carbonyl (C=O) groups is 1. The normalized spacial score (nSPS) is 10.4. The Balaban J connectivity index is 2.82. The van der Waals surface area contributed by atoms with Gasteiger partial charge in [0.05, 0.1) is 16.8 Å². The molecular weight excluding hydrogens is 302 g/mol. The third-order valence-electron chi connectivity index (χ3n) is 2.46.